The van der Waals surface area contributed by atoms with Crippen molar-refractivity contribution in [3.05, 3.63) is 88.3 Å². The molecular formula is C22H14ClF3N6OS. The van der Waals surface area contributed by atoms with Gasteiger partial charge in [0.15, 0.2) is 17.0 Å². The number of hydrogen-bond donors (Lipinski definition) is 1. The summed E-state index contributed by atoms with van der Waals surface area (Å²) in [4.78, 5) is 17.6. The number of amides is 1. The Morgan fingerprint density at radius 1 is 1.15 bits per heavy atom. The van der Waals surface area contributed by atoms with E-state index in [0.29, 0.717) is 21.6 Å². The van der Waals surface area contributed by atoms with E-state index in [1.54, 1.807) is 28.4 Å². The van der Waals surface area contributed by atoms with Crippen LogP contribution in [0.1, 0.15) is 21.7 Å². The van der Waals surface area contributed by atoms with Crippen molar-refractivity contribution in [2.75, 3.05) is 5.32 Å². The van der Waals surface area contributed by atoms with Gasteiger partial charge in [-0.25, -0.2) is 9.50 Å². The van der Waals surface area contributed by atoms with Gasteiger partial charge >= 0.3 is 6.18 Å². The summed E-state index contributed by atoms with van der Waals surface area (Å²) >= 11 is 7.53. The molecule has 4 aromatic heterocycles. The number of aromatic nitrogens is 5. The van der Waals surface area contributed by atoms with Gasteiger partial charge in [0.25, 0.3) is 5.91 Å². The molecule has 0 bridgehead atoms. The van der Waals surface area contributed by atoms with Gasteiger partial charge in [-0.3, -0.25) is 9.48 Å². The van der Waals surface area contributed by atoms with Gasteiger partial charge < -0.3 is 5.32 Å². The molecule has 0 atom stereocenters. The molecule has 5 aromatic rings. The van der Waals surface area contributed by atoms with Crippen LogP contribution in [0.15, 0.2) is 66.3 Å². The Kier molecular flexibility index (Phi) is 5.58. The lowest BCUT2D eigenvalue weighted by Gasteiger charge is -2.10. The fraction of sp³-hybridized carbons (Fsp3) is 0.0909. The molecule has 172 valence electrons. The first-order chi connectivity index (χ1) is 16.3. The summed E-state index contributed by atoms with van der Waals surface area (Å²) in [6, 6.07) is 13.8. The second-order valence-electron chi connectivity index (χ2n) is 7.27. The molecule has 34 heavy (non-hydrogen) atoms. The minimum absolute atomic E-state index is 0.0887. The molecule has 0 spiro atoms. The number of nitrogens with one attached hydrogen (secondary N) is 1. The number of hydrogen-bond acceptors (Lipinski definition) is 5. The van der Waals surface area contributed by atoms with Crippen molar-refractivity contribution < 1.29 is 18.0 Å². The second-order valence-corrected chi connectivity index (χ2v) is 8.59. The molecular weight excluding hydrogens is 489 g/mol. The predicted octanol–water partition coefficient (Wildman–Crippen LogP) is 5.63. The highest BCUT2D eigenvalue weighted by atomic mass is 35.5. The largest absolute Gasteiger partial charge is 0.433 e. The number of halogens is 4. The molecule has 1 amide bonds. The maximum absolute atomic E-state index is 13.8. The van der Waals surface area contributed by atoms with Crippen LogP contribution in [0.2, 0.25) is 5.02 Å². The molecule has 5 rings (SSSR count). The highest BCUT2D eigenvalue weighted by Gasteiger charge is 2.37. The van der Waals surface area contributed by atoms with E-state index in [1.165, 1.54) is 17.5 Å². The van der Waals surface area contributed by atoms with Crippen molar-refractivity contribution in [3.8, 4) is 10.6 Å². The smallest absolute Gasteiger partial charge is 0.318 e. The zero-order valence-electron chi connectivity index (χ0n) is 17.1. The quantitative estimate of drug-likeness (QED) is 0.338. The minimum Gasteiger partial charge on any atom is -0.318 e. The maximum Gasteiger partial charge on any atom is 0.433 e. The van der Waals surface area contributed by atoms with Crippen LogP contribution in [0.5, 0.6) is 0 Å². The molecule has 0 aliphatic carbocycles. The van der Waals surface area contributed by atoms with E-state index >= 15 is 0 Å². The summed E-state index contributed by atoms with van der Waals surface area (Å²) in [5, 5.41) is 12.1. The van der Waals surface area contributed by atoms with Crippen LogP contribution in [-0.4, -0.2) is 30.3 Å². The third-order valence-electron chi connectivity index (χ3n) is 4.89. The molecule has 1 N–H and O–H groups in total. The van der Waals surface area contributed by atoms with Crippen molar-refractivity contribution in [1.29, 1.82) is 0 Å². The average Bonchev–Trinajstić information content (AvgIpc) is 3.55. The number of alkyl halides is 3. The van der Waals surface area contributed by atoms with Crippen molar-refractivity contribution in [1.82, 2.24) is 24.4 Å². The highest BCUT2D eigenvalue weighted by Crippen LogP contribution is 2.35. The summed E-state index contributed by atoms with van der Waals surface area (Å²) in [5.74, 6) is -0.777. The van der Waals surface area contributed by atoms with Gasteiger partial charge in [-0.05, 0) is 23.1 Å². The number of fused-ring (bicyclic) bond motifs is 1. The highest BCUT2D eigenvalue weighted by molar-refractivity contribution is 7.13. The first-order valence-electron chi connectivity index (χ1n) is 9.87. The van der Waals surface area contributed by atoms with Gasteiger partial charge in [0.2, 0.25) is 0 Å². The van der Waals surface area contributed by atoms with Crippen LogP contribution < -0.4 is 5.32 Å². The molecule has 1 aromatic carbocycles. The van der Waals surface area contributed by atoms with Crippen molar-refractivity contribution in [2.45, 2.75) is 12.7 Å². The van der Waals surface area contributed by atoms with E-state index in [4.69, 9.17) is 11.6 Å². The molecule has 7 nitrogen and oxygen atoms in total. The summed E-state index contributed by atoms with van der Waals surface area (Å²) < 4.78 is 43.5. The first-order valence-corrected chi connectivity index (χ1v) is 11.1. The molecule has 4 heterocycles. The number of anilines is 1. The lowest BCUT2D eigenvalue weighted by Crippen LogP contribution is -2.15. The van der Waals surface area contributed by atoms with Gasteiger partial charge in [-0.1, -0.05) is 48.0 Å². The van der Waals surface area contributed by atoms with Crippen molar-refractivity contribution >= 4 is 40.2 Å². The van der Waals surface area contributed by atoms with E-state index in [-0.39, 0.29) is 22.1 Å². The Labute approximate surface area is 199 Å². The monoisotopic (exact) mass is 502 g/mol. The van der Waals surface area contributed by atoms with E-state index in [9.17, 15) is 18.0 Å². The number of benzene rings is 1. The lowest BCUT2D eigenvalue weighted by atomic mass is 10.2. The first kappa shape index (κ1) is 22.1. The maximum atomic E-state index is 13.8. The van der Waals surface area contributed by atoms with Crippen LogP contribution in [0.25, 0.3) is 16.2 Å². The van der Waals surface area contributed by atoms with Crippen LogP contribution in [-0.2, 0) is 12.7 Å². The van der Waals surface area contributed by atoms with E-state index in [0.717, 1.165) is 11.6 Å². The van der Waals surface area contributed by atoms with Crippen LogP contribution in [0.4, 0.5) is 18.9 Å². The zero-order chi connectivity index (χ0) is 23.9. The number of nitrogens with zero attached hydrogens (tertiary/aromatic N) is 5. The van der Waals surface area contributed by atoms with Crippen LogP contribution >= 0.6 is 22.9 Å². The molecule has 0 aliphatic rings. The molecule has 12 heteroatoms. The topological polar surface area (TPSA) is 77.1 Å². The fourth-order valence-electron chi connectivity index (χ4n) is 3.36. The standard InChI is InChI=1S/C22H14ClF3N6OS/c23-18-19(21(33)28-14-10-27-31(12-14)11-13-5-2-1-3-6-13)30-32-17(22(24,25)26)9-15(29-20(18)32)16-7-4-8-34-16/h1-10,12H,11H2,(H,28,33). The Bertz CT molecular complexity index is 1480. The van der Waals surface area contributed by atoms with Crippen molar-refractivity contribution in [3.63, 3.8) is 0 Å². The summed E-state index contributed by atoms with van der Waals surface area (Å²) in [7, 11) is 0. The number of rotatable bonds is 5. The van der Waals surface area contributed by atoms with Crippen LogP contribution in [0.3, 0.4) is 0 Å². The SMILES string of the molecule is O=C(Nc1cnn(Cc2ccccc2)c1)c1nn2c(C(F)(F)F)cc(-c3cccs3)nc2c1Cl. The molecule has 0 fully saturated rings. The number of carbonyl (C=O) groups is 1. The molecule has 0 radical (unpaired) electrons. The minimum atomic E-state index is -4.74. The molecule has 0 saturated carbocycles. The van der Waals surface area contributed by atoms with Crippen LogP contribution in [0, 0.1) is 0 Å². The normalized spacial score (nSPS) is 11.8. The Hall–Kier alpha value is -3.70. The molecule has 0 saturated heterocycles. The Morgan fingerprint density at radius 3 is 2.65 bits per heavy atom. The van der Waals surface area contributed by atoms with Gasteiger partial charge in [0, 0.05) is 6.20 Å². The lowest BCUT2D eigenvalue weighted by molar-refractivity contribution is -0.142. The van der Waals surface area contributed by atoms with E-state index in [2.05, 4.69) is 20.5 Å². The van der Waals surface area contributed by atoms with Gasteiger partial charge in [-0.2, -0.15) is 23.4 Å². The fourth-order valence-corrected chi connectivity index (χ4v) is 4.30. The zero-order valence-corrected chi connectivity index (χ0v) is 18.7. The number of thiophene rings is 1. The Balaban J connectivity index is 1.47. The predicted molar refractivity (Wildman–Crippen MR) is 122 cm³/mol. The second kappa shape index (κ2) is 8.58. The molecule has 0 aliphatic heterocycles. The molecule has 0 unspecified atom stereocenters. The third-order valence-corrected chi connectivity index (χ3v) is 6.13. The average molecular weight is 503 g/mol. The van der Waals surface area contributed by atoms with Gasteiger partial charge in [0.05, 0.1) is 29.0 Å². The summed E-state index contributed by atoms with van der Waals surface area (Å²) in [6.07, 6.45) is -1.71. The summed E-state index contributed by atoms with van der Waals surface area (Å²) in [5.41, 5.74) is -0.275. The third kappa shape index (κ3) is 4.27. The number of carbonyl (C=O) groups excluding carboxylic acids is 1. The van der Waals surface area contributed by atoms with Crippen molar-refractivity contribution in [2.24, 2.45) is 0 Å². The van der Waals surface area contributed by atoms with E-state index in [1.807, 2.05) is 30.3 Å². The van der Waals surface area contributed by atoms with E-state index < -0.39 is 17.8 Å². The summed E-state index contributed by atoms with van der Waals surface area (Å²) in [6.45, 7) is 0.482. The Morgan fingerprint density at radius 2 is 1.94 bits per heavy atom. The van der Waals surface area contributed by atoms with Gasteiger partial charge in [-0.15, -0.1) is 11.3 Å². The van der Waals surface area contributed by atoms with Gasteiger partial charge in [0.1, 0.15) is 5.02 Å².